The summed E-state index contributed by atoms with van der Waals surface area (Å²) in [5, 5.41) is 0. The number of unbranched alkanes of at least 4 members (excludes halogenated alkanes) is 24. The van der Waals surface area contributed by atoms with E-state index in [1.807, 2.05) is 0 Å². The molecule has 0 fully saturated rings. The second kappa shape index (κ2) is 59.6. The van der Waals surface area contributed by atoms with Gasteiger partial charge in [0, 0.05) is 19.3 Å². The van der Waals surface area contributed by atoms with E-state index in [2.05, 4.69) is 130 Å². The normalized spacial score (nSPS) is 12.9. The minimum Gasteiger partial charge on any atom is -0.462 e. The summed E-state index contributed by atoms with van der Waals surface area (Å²) >= 11 is 0. The van der Waals surface area contributed by atoms with Gasteiger partial charge in [0.25, 0.3) is 0 Å². The van der Waals surface area contributed by atoms with E-state index in [4.69, 9.17) is 14.2 Å². The second-order valence-corrected chi connectivity index (χ2v) is 19.5. The molecule has 410 valence electrons. The van der Waals surface area contributed by atoms with Crippen LogP contribution < -0.4 is 0 Å². The van der Waals surface area contributed by atoms with Crippen LogP contribution in [0.1, 0.15) is 271 Å². The summed E-state index contributed by atoms with van der Waals surface area (Å²) in [5.41, 5.74) is 0. The SMILES string of the molecule is CC/C=C\C/C=C\C/C=C\C/C=C\C/C=C\C/C=C\C/C=C\C/C=C\C/C=C\CCCCCC(=O)OCC(COC(=O)CCCCCCCCCC)OC(=O)CCCCCCCCCCCCCCCCC. The van der Waals surface area contributed by atoms with Crippen LogP contribution in [0, 0.1) is 0 Å². The van der Waals surface area contributed by atoms with Crippen molar-refractivity contribution in [3.63, 3.8) is 0 Å². The van der Waals surface area contributed by atoms with Crippen molar-refractivity contribution in [3.8, 4) is 0 Å². The van der Waals surface area contributed by atoms with Gasteiger partial charge in [-0.2, -0.15) is 0 Å². The third-order valence-corrected chi connectivity index (χ3v) is 12.5. The lowest BCUT2D eigenvalue weighted by Gasteiger charge is -2.18. The molecule has 0 saturated heterocycles. The minimum atomic E-state index is -0.788. The molecule has 0 aliphatic rings. The molecule has 0 aromatic heterocycles. The van der Waals surface area contributed by atoms with E-state index in [1.165, 1.54) is 109 Å². The van der Waals surface area contributed by atoms with Crippen molar-refractivity contribution in [3.05, 3.63) is 109 Å². The van der Waals surface area contributed by atoms with Crippen molar-refractivity contribution >= 4 is 17.9 Å². The first-order chi connectivity index (χ1) is 35.5. The van der Waals surface area contributed by atoms with Gasteiger partial charge in [0.05, 0.1) is 0 Å². The molecule has 1 atom stereocenters. The van der Waals surface area contributed by atoms with Crippen LogP contribution in [0.3, 0.4) is 0 Å². The molecule has 0 amide bonds. The number of carbonyl (C=O) groups excluding carboxylic acids is 3. The summed E-state index contributed by atoms with van der Waals surface area (Å²) in [6, 6.07) is 0. The van der Waals surface area contributed by atoms with E-state index in [0.29, 0.717) is 19.3 Å². The topological polar surface area (TPSA) is 78.9 Å². The fourth-order valence-corrected chi connectivity index (χ4v) is 8.08. The van der Waals surface area contributed by atoms with Gasteiger partial charge < -0.3 is 14.2 Å². The quantitative estimate of drug-likeness (QED) is 0.0261. The van der Waals surface area contributed by atoms with E-state index in [9.17, 15) is 14.4 Å². The zero-order valence-electron chi connectivity index (χ0n) is 46.9. The molecule has 0 spiro atoms. The van der Waals surface area contributed by atoms with E-state index in [1.54, 1.807) is 0 Å². The first kappa shape index (κ1) is 68.1. The maximum absolute atomic E-state index is 12.8. The number of esters is 3. The molecular weight excluding hydrogens is 889 g/mol. The molecule has 0 radical (unpaired) electrons. The van der Waals surface area contributed by atoms with Gasteiger partial charge >= 0.3 is 17.9 Å². The summed E-state index contributed by atoms with van der Waals surface area (Å²) < 4.78 is 16.8. The fraction of sp³-hybridized carbons (Fsp3) is 0.682. The number of allylic oxidation sites excluding steroid dienone is 18. The summed E-state index contributed by atoms with van der Waals surface area (Å²) in [5.74, 6) is -0.921. The molecule has 0 aromatic rings. The third-order valence-electron chi connectivity index (χ3n) is 12.5. The van der Waals surface area contributed by atoms with E-state index < -0.39 is 6.10 Å². The third kappa shape index (κ3) is 57.0. The van der Waals surface area contributed by atoms with Gasteiger partial charge in [0.15, 0.2) is 6.10 Å². The van der Waals surface area contributed by atoms with Crippen LogP contribution in [0.5, 0.6) is 0 Å². The molecule has 0 rings (SSSR count). The average Bonchev–Trinajstić information content (AvgIpc) is 3.38. The van der Waals surface area contributed by atoms with Crippen LogP contribution in [0.15, 0.2) is 109 Å². The molecular formula is C66H110O6. The van der Waals surface area contributed by atoms with Gasteiger partial charge in [-0.15, -0.1) is 0 Å². The lowest BCUT2D eigenvalue weighted by atomic mass is 10.0. The highest BCUT2D eigenvalue weighted by Gasteiger charge is 2.19. The summed E-state index contributed by atoms with van der Waals surface area (Å²) in [7, 11) is 0. The highest BCUT2D eigenvalue weighted by molar-refractivity contribution is 5.71. The number of ether oxygens (including phenoxy) is 3. The van der Waals surface area contributed by atoms with Crippen LogP contribution in [0.2, 0.25) is 0 Å². The molecule has 0 N–H and O–H groups in total. The minimum absolute atomic E-state index is 0.0863. The van der Waals surface area contributed by atoms with Crippen molar-refractivity contribution in [2.75, 3.05) is 13.2 Å². The highest BCUT2D eigenvalue weighted by Crippen LogP contribution is 2.15. The van der Waals surface area contributed by atoms with Crippen LogP contribution >= 0.6 is 0 Å². The Kier molecular flexibility index (Phi) is 56.4. The zero-order chi connectivity index (χ0) is 52.2. The molecule has 6 heteroatoms. The fourth-order valence-electron chi connectivity index (χ4n) is 8.08. The molecule has 0 heterocycles. The Hall–Kier alpha value is -3.93. The van der Waals surface area contributed by atoms with Crippen LogP contribution in [0.25, 0.3) is 0 Å². The molecule has 0 aliphatic heterocycles. The lowest BCUT2D eigenvalue weighted by molar-refractivity contribution is -0.167. The molecule has 6 nitrogen and oxygen atoms in total. The average molecular weight is 1000 g/mol. The monoisotopic (exact) mass is 999 g/mol. The molecule has 0 aromatic carbocycles. The number of hydrogen-bond acceptors (Lipinski definition) is 6. The van der Waals surface area contributed by atoms with Crippen molar-refractivity contribution in [2.24, 2.45) is 0 Å². The summed E-state index contributed by atoms with van der Waals surface area (Å²) in [6.45, 7) is 6.48. The lowest BCUT2D eigenvalue weighted by Crippen LogP contribution is -2.30. The van der Waals surface area contributed by atoms with E-state index >= 15 is 0 Å². The van der Waals surface area contributed by atoms with Gasteiger partial charge in [0.2, 0.25) is 0 Å². The maximum Gasteiger partial charge on any atom is 0.306 e. The molecule has 1 unspecified atom stereocenters. The van der Waals surface area contributed by atoms with Crippen molar-refractivity contribution in [1.29, 1.82) is 0 Å². The zero-order valence-corrected chi connectivity index (χ0v) is 46.9. The summed E-state index contributed by atoms with van der Waals surface area (Å²) in [4.78, 5) is 38.0. The predicted molar refractivity (Wildman–Crippen MR) is 311 cm³/mol. The molecule has 0 bridgehead atoms. The highest BCUT2D eigenvalue weighted by atomic mass is 16.6. The van der Waals surface area contributed by atoms with Gasteiger partial charge in [0.1, 0.15) is 13.2 Å². The van der Waals surface area contributed by atoms with Crippen LogP contribution in [-0.2, 0) is 28.6 Å². The van der Waals surface area contributed by atoms with Gasteiger partial charge in [-0.05, 0) is 89.9 Å². The number of hydrogen-bond donors (Lipinski definition) is 0. The van der Waals surface area contributed by atoms with E-state index in [-0.39, 0.29) is 31.1 Å². The Labute approximate surface area is 444 Å². The molecule has 72 heavy (non-hydrogen) atoms. The maximum atomic E-state index is 12.8. The Morgan fingerprint density at radius 3 is 0.847 bits per heavy atom. The second-order valence-electron chi connectivity index (χ2n) is 19.5. The number of rotatable bonds is 53. The van der Waals surface area contributed by atoms with Crippen molar-refractivity contribution in [1.82, 2.24) is 0 Å². The molecule has 0 aliphatic carbocycles. The van der Waals surface area contributed by atoms with Gasteiger partial charge in [-0.1, -0.05) is 271 Å². The summed E-state index contributed by atoms with van der Waals surface area (Å²) in [6.07, 6.45) is 81.0. The Bertz CT molecular complexity index is 1470. The van der Waals surface area contributed by atoms with Crippen molar-refractivity contribution < 1.29 is 28.6 Å². The number of carbonyl (C=O) groups is 3. The standard InChI is InChI=1S/C66H110O6/c1-4-7-10-13-16-19-21-23-25-26-27-28-29-30-31-32-33-34-35-36-37-38-39-40-42-43-45-47-50-53-56-59-65(68)71-62-63(61-70-64(67)58-55-52-49-18-15-12-9-6-3)72-66(69)60-57-54-51-48-46-44-41-24-22-20-17-14-11-8-5-2/h7,10,16,19,23,25,27-28,30-31,33-34,36-37,39-40,43,45,63H,4-6,8-9,11-15,17-18,20-22,24,26,29,32,35,38,41-42,44,46-62H2,1-3H3/b10-7-,19-16-,25-23-,28-27-,31-30-,34-33-,37-36-,40-39-,45-43-. The van der Waals surface area contributed by atoms with Crippen LogP contribution in [0.4, 0.5) is 0 Å². The smallest absolute Gasteiger partial charge is 0.306 e. The Morgan fingerprint density at radius 1 is 0.292 bits per heavy atom. The predicted octanol–water partition coefficient (Wildman–Crippen LogP) is 20.3. The van der Waals surface area contributed by atoms with Gasteiger partial charge in [-0.25, -0.2) is 0 Å². The first-order valence-electron chi connectivity index (χ1n) is 29.9. The Balaban J connectivity index is 4.26. The van der Waals surface area contributed by atoms with Gasteiger partial charge in [-0.3, -0.25) is 14.4 Å². The van der Waals surface area contributed by atoms with E-state index in [0.717, 1.165) is 122 Å². The molecule has 0 saturated carbocycles. The van der Waals surface area contributed by atoms with Crippen molar-refractivity contribution in [2.45, 2.75) is 277 Å². The largest absolute Gasteiger partial charge is 0.462 e. The first-order valence-corrected chi connectivity index (χ1v) is 29.9. The van der Waals surface area contributed by atoms with Crippen LogP contribution in [-0.4, -0.2) is 37.2 Å². The Morgan fingerprint density at radius 2 is 0.542 bits per heavy atom.